The van der Waals surface area contributed by atoms with Crippen LogP contribution in [0.15, 0.2) is 43.0 Å². The first-order valence-electron chi connectivity index (χ1n) is 6.37. The molecule has 2 heterocycles. The molecule has 0 radical (unpaired) electrons. The maximum Gasteiger partial charge on any atom is 0.253 e. The molecule has 1 amide bonds. The molecule has 5 nitrogen and oxygen atoms in total. The van der Waals surface area contributed by atoms with E-state index in [-0.39, 0.29) is 11.9 Å². The van der Waals surface area contributed by atoms with Crippen LogP contribution in [0.1, 0.15) is 16.8 Å². The molecular weight excluding hydrogens is 240 g/mol. The first kappa shape index (κ1) is 11.9. The van der Waals surface area contributed by atoms with Gasteiger partial charge in [-0.15, -0.1) is 0 Å². The Morgan fingerprint density at radius 2 is 2.32 bits per heavy atom. The maximum absolute atomic E-state index is 12.4. The number of likely N-dealkylation sites (tertiary alicyclic amines) is 1. The second-order valence-electron chi connectivity index (χ2n) is 4.82. The third-order valence-corrected chi connectivity index (χ3v) is 3.41. The number of rotatable bonds is 2. The lowest BCUT2D eigenvalue weighted by molar-refractivity contribution is 0.0791. The van der Waals surface area contributed by atoms with Gasteiger partial charge < -0.3 is 15.2 Å². The highest BCUT2D eigenvalue weighted by molar-refractivity contribution is 5.95. The van der Waals surface area contributed by atoms with Gasteiger partial charge in [0.25, 0.3) is 5.91 Å². The molecule has 1 saturated heterocycles. The Labute approximate surface area is 111 Å². The van der Waals surface area contributed by atoms with Gasteiger partial charge in [0.2, 0.25) is 0 Å². The summed E-state index contributed by atoms with van der Waals surface area (Å²) in [5.41, 5.74) is 7.47. The van der Waals surface area contributed by atoms with E-state index in [0.29, 0.717) is 12.1 Å². The third-order valence-electron chi connectivity index (χ3n) is 3.41. The van der Waals surface area contributed by atoms with E-state index >= 15 is 0 Å². The molecule has 0 aliphatic carbocycles. The Bertz CT molecular complexity index is 579. The number of hydrogen-bond donors (Lipinski definition) is 1. The van der Waals surface area contributed by atoms with Crippen molar-refractivity contribution in [1.82, 2.24) is 14.5 Å². The number of nitrogens with zero attached hydrogens (tertiary/aromatic N) is 3. The molecule has 1 aliphatic rings. The molecule has 2 N–H and O–H groups in total. The van der Waals surface area contributed by atoms with Crippen molar-refractivity contribution < 1.29 is 4.79 Å². The zero-order valence-electron chi connectivity index (χ0n) is 10.6. The Hall–Kier alpha value is -2.14. The van der Waals surface area contributed by atoms with Gasteiger partial charge in [-0.25, -0.2) is 4.98 Å². The lowest BCUT2D eigenvalue weighted by Gasteiger charge is -2.16. The lowest BCUT2D eigenvalue weighted by atomic mass is 10.1. The van der Waals surface area contributed by atoms with E-state index in [4.69, 9.17) is 5.73 Å². The standard InChI is InChI=1S/C14H16N4O/c15-12-4-6-17(9-12)14(19)11-2-1-3-13(8-11)18-7-5-16-10-18/h1-3,5,7-8,10,12H,4,6,9,15H2/t12-/m1/s1. The van der Waals surface area contributed by atoms with Crippen LogP contribution in [0.3, 0.4) is 0 Å². The second kappa shape index (κ2) is 4.85. The van der Waals surface area contributed by atoms with Crippen LogP contribution in [-0.2, 0) is 0 Å². The van der Waals surface area contributed by atoms with Crippen molar-refractivity contribution in [3.63, 3.8) is 0 Å². The number of amides is 1. The maximum atomic E-state index is 12.4. The summed E-state index contributed by atoms with van der Waals surface area (Å²) in [5, 5.41) is 0. The second-order valence-corrected chi connectivity index (χ2v) is 4.82. The minimum absolute atomic E-state index is 0.0508. The highest BCUT2D eigenvalue weighted by Crippen LogP contribution is 2.15. The van der Waals surface area contributed by atoms with Crippen molar-refractivity contribution in [1.29, 1.82) is 0 Å². The average Bonchev–Trinajstić information content (AvgIpc) is 3.09. The number of benzene rings is 1. The van der Waals surface area contributed by atoms with E-state index in [0.717, 1.165) is 18.7 Å². The molecular formula is C14H16N4O. The minimum atomic E-state index is 0.0508. The van der Waals surface area contributed by atoms with Crippen LogP contribution < -0.4 is 5.73 Å². The monoisotopic (exact) mass is 256 g/mol. The Kier molecular flexibility index (Phi) is 3.05. The smallest absolute Gasteiger partial charge is 0.253 e. The normalized spacial score (nSPS) is 18.8. The summed E-state index contributed by atoms with van der Waals surface area (Å²) in [6.07, 6.45) is 6.17. The summed E-state index contributed by atoms with van der Waals surface area (Å²) in [5.74, 6) is 0.0508. The van der Waals surface area contributed by atoms with E-state index in [1.165, 1.54) is 0 Å². The van der Waals surface area contributed by atoms with Crippen LogP contribution in [0.25, 0.3) is 5.69 Å². The van der Waals surface area contributed by atoms with Crippen LogP contribution in [-0.4, -0.2) is 39.5 Å². The Morgan fingerprint density at radius 1 is 1.42 bits per heavy atom. The van der Waals surface area contributed by atoms with Crippen molar-refractivity contribution in [3.8, 4) is 5.69 Å². The van der Waals surface area contributed by atoms with Crippen molar-refractivity contribution >= 4 is 5.91 Å². The summed E-state index contributed by atoms with van der Waals surface area (Å²) < 4.78 is 1.88. The van der Waals surface area contributed by atoms with Crippen LogP contribution in [0.4, 0.5) is 0 Å². The van der Waals surface area contributed by atoms with Crippen LogP contribution in [0.2, 0.25) is 0 Å². The fraction of sp³-hybridized carbons (Fsp3) is 0.286. The van der Waals surface area contributed by atoms with Gasteiger partial charge in [0.15, 0.2) is 0 Å². The number of aromatic nitrogens is 2. The van der Waals surface area contributed by atoms with Crippen molar-refractivity contribution in [3.05, 3.63) is 48.5 Å². The van der Waals surface area contributed by atoms with E-state index in [9.17, 15) is 4.79 Å². The number of hydrogen-bond acceptors (Lipinski definition) is 3. The number of imidazole rings is 1. The molecule has 0 saturated carbocycles. The highest BCUT2D eigenvalue weighted by atomic mass is 16.2. The van der Waals surface area contributed by atoms with Gasteiger partial charge in [-0.05, 0) is 24.6 Å². The fourth-order valence-corrected chi connectivity index (χ4v) is 2.37. The molecule has 0 bridgehead atoms. The fourth-order valence-electron chi connectivity index (χ4n) is 2.37. The van der Waals surface area contributed by atoms with Crippen molar-refractivity contribution in [2.45, 2.75) is 12.5 Å². The zero-order chi connectivity index (χ0) is 13.2. The van der Waals surface area contributed by atoms with E-state index in [1.54, 1.807) is 12.5 Å². The summed E-state index contributed by atoms with van der Waals surface area (Å²) in [6.45, 7) is 1.39. The first-order valence-corrected chi connectivity index (χ1v) is 6.37. The van der Waals surface area contributed by atoms with Crippen molar-refractivity contribution in [2.75, 3.05) is 13.1 Å². The summed E-state index contributed by atoms with van der Waals surface area (Å²) in [4.78, 5) is 18.2. The SMILES string of the molecule is N[C@@H]1CCN(C(=O)c2cccc(-n3ccnc3)c2)C1. The predicted octanol–water partition coefficient (Wildman–Crippen LogP) is 1.05. The number of carbonyl (C=O) groups is 1. The van der Waals surface area contributed by atoms with Gasteiger partial charge in [0.1, 0.15) is 0 Å². The summed E-state index contributed by atoms with van der Waals surface area (Å²) >= 11 is 0. The van der Waals surface area contributed by atoms with Crippen molar-refractivity contribution in [2.24, 2.45) is 5.73 Å². The van der Waals surface area contributed by atoms with Gasteiger partial charge >= 0.3 is 0 Å². The Morgan fingerprint density at radius 3 is 3.00 bits per heavy atom. The van der Waals surface area contributed by atoms with E-state index in [2.05, 4.69) is 4.98 Å². The average molecular weight is 256 g/mol. The zero-order valence-corrected chi connectivity index (χ0v) is 10.6. The quantitative estimate of drug-likeness (QED) is 0.873. The van der Waals surface area contributed by atoms with Gasteiger partial charge in [0, 0.05) is 42.8 Å². The van der Waals surface area contributed by atoms with Crippen LogP contribution in [0, 0.1) is 0 Å². The molecule has 3 rings (SSSR count). The Balaban J connectivity index is 1.85. The topological polar surface area (TPSA) is 64.2 Å². The predicted molar refractivity (Wildman–Crippen MR) is 72.1 cm³/mol. The summed E-state index contributed by atoms with van der Waals surface area (Å²) in [7, 11) is 0. The molecule has 1 atom stereocenters. The lowest BCUT2D eigenvalue weighted by Crippen LogP contribution is -2.31. The molecule has 19 heavy (non-hydrogen) atoms. The van der Waals surface area contributed by atoms with Crippen LogP contribution >= 0.6 is 0 Å². The molecule has 1 aliphatic heterocycles. The van der Waals surface area contributed by atoms with Gasteiger partial charge in [0.05, 0.1) is 6.33 Å². The van der Waals surface area contributed by atoms with Gasteiger partial charge in [-0.2, -0.15) is 0 Å². The molecule has 0 spiro atoms. The molecule has 1 fully saturated rings. The number of carbonyl (C=O) groups excluding carboxylic acids is 1. The minimum Gasteiger partial charge on any atom is -0.337 e. The largest absolute Gasteiger partial charge is 0.337 e. The molecule has 5 heteroatoms. The van der Waals surface area contributed by atoms with Gasteiger partial charge in [-0.1, -0.05) is 6.07 Å². The molecule has 98 valence electrons. The van der Waals surface area contributed by atoms with E-state index in [1.807, 2.05) is 39.9 Å². The first-order chi connectivity index (χ1) is 9.24. The number of nitrogens with two attached hydrogens (primary N) is 1. The molecule has 1 aromatic carbocycles. The molecule has 2 aromatic rings. The summed E-state index contributed by atoms with van der Waals surface area (Å²) in [6, 6.07) is 7.67. The highest BCUT2D eigenvalue weighted by Gasteiger charge is 2.24. The third kappa shape index (κ3) is 2.37. The molecule has 1 aromatic heterocycles. The van der Waals surface area contributed by atoms with E-state index < -0.39 is 0 Å². The van der Waals surface area contributed by atoms with Gasteiger partial charge in [-0.3, -0.25) is 4.79 Å². The molecule has 0 unspecified atom stereocenters. The van der Waals surface area contributed by atoms with Crippen LogP contribution in [0.5, 0.6) is 0 Å².